The number of rotatable bonds is 10. The number of benzene rings is 4. The summed E-state index contributed by atoms with van der Waals surface area (Å²) in [6.07, 6.45) is 0. The molecule has 0 radical (unpaired) electrons. The Morgan fingerprint density at radius 3 is 2.00 bits per heavy atom. The van der Waals surface area contributed by atoms with Gasteiger partial charge in [0.2, 0.25) is 0 Å². The zero-order valence-corrected chi connectivity index (χ0v) is 32.4. The number of hydrogen-bond acceptors (Lipinski definition) is 6. The lowest BCUT2D eigenvalue weighted by atomic mass is 9.90. The van der Waals surface area contributed by atoms with E-state index in [0.29, 0.717) is 6.04 Å². The number of carbonyl (C=O) groups is 2. The van der Waals surface area contributed by atoms with Crippen LogP contribution < -0.4 is 10.1 Å². The Kier molecular flexibility index (Phi) is 15.4. The highest BCUT2D eigenvalue weighted by atomic mass is 16.5. The summed E-state index contributed by atoms with van der Waals surface area (Å²) in [5.74, 6) is 1.49. The summed E-state index contributed by atoms with van der Waals surface area (Å²) < 4.78 is 5.52. The van der Waals surface area contributed by atoms with E-state index < -0.39 is 0 Å². The fourth-order valence-electron chi connectivity index (χ4n) is 6.44. The summed E-state index contributed by atoms with van der Waals surface area (Å²) in [5, 5.41) is 13.1. The van der Waals surface area contributed by atoms with Crippen molar-refractivity contribution in [2.75, 3.05) is 33.3 Å². The van der Waals surface area contributed by atoms with Crippen LogP contribution in [0.4, 0.5) is 0 Å². The number of ketones is 1. The smallest absolute Gasteiger partial charge is 0.253 e. The number of piperazine rings is 1. The third kappa shape index (κ3) is 11.0. The zero-order chi connectivity index (χ0) is 37.7. The fraction of sp³-hybridized carbons (Fsp3) is 0.409. The number of methoxy groups -OCH3 is 1. The molecule has 274 valence electrons. The second kappa shape index (κ2) is 19.2. The van der Waals surface area contributed by atoms with Gasteiger partial charge in [-0.05, 0) is 100 Å². The van der Waals surface area contributed by atoms with Gasteiger partial charge in [0.25, 0.3) is 5.91 Å². The van der Waals surface area contributed by atoms with Gasteiger partial charge in [-0.3, -0.25) is 14.5 Å². The van der Waals surface area contributed by atoms with Crippen LogP contribution in [0.5, 0.6) is 11.5 Å². The predicted molar refractivity (Wildman–Crippen MR) is 210 cm³/mol. The minimum Gasteiger partial charge on any atom is -0.508 e. The molecular formula is C44H59N3O4. The van der Waals surface area contributed by atoms with Crippen molar-refractivity contribution < 1.29 is 19.4 Å². The Morgan fingerprint density at radius 1 is 0.863 bits per heavy atom. The molecule has 0 saturated carbocycles. The molecule has 0 bridgehead atoms. The van der Waals surface area contributed by atoms with Gasteiger partial charge < -0.3 is 20.1 Å². The maximum absolute atomic E-state index is 12.8. The molecule has 1 aliphatic heterocycles. The van der Waals surface area contributed by atoms with Crippen molar-refractivity contribution in [1.82, 2.24) is 15.1 Å². The number of Topliss-reactive ketones (excluding diaryl/α,β-unsaturated/α-hetero) is 1. The molecule has 0 aromatic heterocycles. The van der Waals surface area contributed by atoms with Crippen molar-refractivity contribution in [3.05, 3.63) is 130 Å². The lowest BCUT2D eigenvalue weighted by Gasteiger charge is -2.47. The van der Waals surface area contributed by atoms with E-state index in [0.717, 1.165) is 54.2 Å². The molecule has 1 amide bonds. The number of amides is 1. The lowest BCUT2D eigenvalue weighted by molar-refractivity contribution is 0.0764. The second-order valence-corrected chi connectivity index (χ2v) is 13.6. The zero-order valence-electron chi connectivity index (χ0n) is 32.4. The number of nitrogens with one attached hydrogen (secondary N) is 1. The maximum Gasteiger partial charge on any atom is 0.253 e. The minimum atomic E-state index is 0.0300. The van der Waals surface area contributed by atoms with Gasteiger partial charge in [0.05, 0.1) is 13.2 Å². The van der Waals surface area contributed by atoms with Crippen LogP contribution in [-0.4, -0.2) is 71.5 Å². The number of phenolic OH excluding ortho intramolecular Hbond substituents is 1. The van der Waals surface area contributed by atoms with Gasteiger partial charge in [-0.15, -0.1) is 0 Å². The van der Waals surface area contributed by atoms with Crippen LogP contribution in [-0.2, 0) is 0 Å². The molecule has 2 N–H and O–H groups in total. The molecule has 0 spiro atoms. The number of hydrogen-bond donors (Lipinski definition) is 2. The van der Waals surface area contributed by atoms with Crippen LogP contribution in [0, 0.1) is 0 Å². The van der Waals surface area contributed by atoms with Crippen molar-refractivity contribution in [1.29, 1.82) is 0 Å². The van der Waals surface area contributed by atoms with Gasteiger partial charge in [-0.25, -0.2) is 0 Å². The van der Waals surface area contributed by atoms with Crippen molar-refractivity contribution in [2.24, 2.45) is 0 Å². The van der Waals surface area contributed by atoms with Crippen LogP contribution in [0.1, 0.15) is 117 Å². The van der Waals surface area contributed by atoms with E-state index >= 15 is 0 Å². The largest absolute Gasteiger partial charge is 0.508 e. The van der Waals surface area contributed by atoms with Gasteiger partial charge >= 0.3 is 0 Å². The molecule has 1 fully saturated rings. The first kappa shape index (κ1) is 41.0. The van der Waals surface area contributed by atoms with Gasteiger partial charge in [0.1, 0.15) is 11.5 Å². The molecule has 3 atom stereocenters. The first-order valence-electron chi connectivity index (χ1n) is 18.3. The second-order valence-electron chi connectivity index (χ2n) is 13.6. The summed E-state index contributed by atoms with van der Waals surface area (Å²) in [4.78, 5) is 28.4. The minimum absolute atomic E-state index is 0.0300. The lowest BCUT2D eigenvalue weighted by Crippen LogP contribution is -2.61. The Hall–Kier alpha value is -4.46. The monoisotopic (exact) mass is 693 g/mol. The number of carbonyl (C=O) groups excluding carboxylic acids is 2. The maximum atomic E-state index is 12.8. The standard InChI is InChI=1S/C26H37N3O2.C16H16O2.C2H6/c1-7-28(8-2)25(30)21-14-12-20(13-15-21)24(22-10-9-11-23(16-22)31-6)29-18-26(4,5)27-17-19(29)3;1-11(15-4-3-5-16(18)10-15)13-6-8-14(9-7-13)12(2)17;1-2/h9-16,19,24,27H,7-8,17-18H2,1-6H3;3-11,18H,1-2H3;1-2H3. The molecule has 1 aliphatic rings. The fourth-order valence-corrected chi connectivity index (χ4v) is 6.44. The van der Waals surface area contributed by atoms with Crippen molar-refractivity contribution in [3.63, 3.8) is 0 Å². The Balaban J connectivity index is 0.000000298. The van der Waals surface area contributed by atoms with Crippen LogP contribution in [0.15, 0.2) is 97.1 Å². The van der Waals surface area contributed by atoms with Crippen molar-refractivity contribution >= 4 is 11.7 Å². The first-order chi connectivity index (χ1) is 24.4. The third-order valence-corrected chi connectivity index (χ3v) is 9.47. The molecule has 7 nitrogen and oxygen atoms in total. The molecule has 5 rings (SSSR count). The van der Waals surface area contributed by atoms with E-state index in [1.807, 2.05) is 87.2 Å². The molecule has 1 saturated heterocycles. The van der Waals surface area contributed by atoms with Crippen LogP contribution >= 0.6 is 0 Å². The number of aromatic hydroxyl groups is 1. The molecule has 3 unspecified atom stereocenters. The Morgan fingerprint density at radius 2 is 1.43 bits per heavy atom. The highest BCUT2D eigenvalue weighted by Gasteiger charge is 2.36. The molecule has 51 heavy (non-hydrogen) atoms. The number of ether oxygens (including phenoxy) is 1. The normalized spacial score (nSPS) is 16.3. The van der Waals surface area contributed by atoms with Crippen LogP contribution in [0.25, 0.3) is 0 Å². The quantitative estimate of drug-likeness (QED) is 0.161. The third-order valence-electron chi connectivity index (χ3n) is 9.47. The van der Waals surface area contributed by atoms with E-state index in [4.69, 9.17) is 4.74 Å². The Labute approximate surface area is 306 Å². The average Bonchev–Trinajstić information content (AvgIpc) is 3.15. The first-order valence-corrected chi connectivity index (χ1v) is 18.3. The summed E-state index contributed by atoms with van der Waals surface area (Å²) in [7, 11) is 1.71. The van der Waals surface area contributed by atoms with Gasteiger partial charge in [-0.1, -0.05) is 81.4 Å². The Bertz CT molecular complexity index is 1680. The molecule has 0 aliphatic carbocycles. The van der Waals surface area contributed by atoms with Gasteiger partial charge in [0.15, 0.2) is 5.78 Å². The average molecular weight is 694 g/mol. The van der Waals surface area contributed by atoms with Crippen LogP contribution in [0.3, 0.4) is 0 Å². The molecule has 1 heterocycles. The van der Waals surface area contributed by atoms with E-state index in [1.165, 1.54) is 11.1 Å². The van der Waals surface area contributed by atoms with Crippen LogP contribution in [0.2, 0.25) is 0 Å². The molecule has 4 aromatic rings. The molecular weight excluding hydrogens is 635 g/mol. The number of nitrogens with zero attached hydrogens (tertiary/aromatic N) is 2. The highest BCUT2D eigenvalue weighted by Crippen LogP contribution is 2.35. The highest BCUT2D eigenvalue weighted by molar-refractivity contribution is 5.94. The molecule has 7 heteroatoms. The summed E-state index contributed by atoms with van der Waals surface area (Å²) in [5.41, 5.74) is 6.08. The van der Waals surface area contributed by atoms with Gasteiger partial charge in [-0.2, -0.15) is 0 Å². The SMILES string of the molecule is CC.CC(=O)c1ccc(C(C)c2cccc(O)c2)cc1.CCN(CC)C(=O)c1ccc(C(c2cccc(OC)c2)N2CC(C)(C)NCC2C)cc1. The van der Waals surface area contributed by atoms with E-state index in [9.17, 15) is 14.7 Å². The van der Waals surface area contributed by atoms with Crippen molar-refractivity contribution in [2.45, 2.75) is 85.9 Å². The van der Waals surface area contributed by atoms with E-state index in [2.05, 4.69) is 68.2 Å². The van der Waals surface area contributed by atoms with E-state index in [-0.39, 0.29) is 34.9 Å². The van der Waals surface area contributed by atoms with Gasteiger partial charge in [0, 0.05) is 54.8 Å². The molecule has 4 aromatic carbocycles. The van der Waals surface area contributed by atoms with E-state index in [1.54, 1.807) is 26.2 Å². The summed E-state index contributed by atoms with van der Waals surface area (Å²) >= 11 is 0. The number of phenols is 1. The topological polar surface area (TPSA) is 82.1 Å². The summed E-state index contributed by atoms with van der Waals surface area (Å²) in [6, 6.07) is 31.8. The predicted octanol–water partition coefficient (Wildman–Crippen LogP) is 9.11. The summed E-state index contributed by atoms with van der Waals surface area (Å²) in [6.45, 7) is 21.7. The van der Waals surface area contributed by atoms with Crippen molar-refractivity contribution in [3.8, 4) is 11.5 Å².